The lowest BCUT2D eigenvalue weighted by Gasteiger charge is -2.13. The molecule has 0 bridgehead atoms. The highest BCUT2D eigenvalue weighted by molar-refractivity contribution is 8.18. The molecule has 0 N–H and O–H groups in total. The minimum absolute atomic E-state index is 0.187. The minimum Gasteiger partial charge on any atom is -0.493 e. The number of rotatable bonds is 9. The van der Waals surface area contributed by atoms with Crippen molar-refractivity contribution >= 4 is 29.0 Å². The maximum atomic E-state index is 12.8. The standard InChI is InChI=1S/C27H25NO5S/c1-19-8-10-20(11-9-19)18-33-23-13-12-21(16-24(23)31-2)17-25-26(29)28(27(30)34-25)14-15-32-22-6-4-3-5-7-22/h3-13,16-17H,14-15,18H2,1-2H3/b25-17-. The van der Waals surface area contributed by atoms with E-state index in [0.29, 0.717) is 28.8 Å². The normalized spacial score (nSPS) is 14.5. The summed E-state index contributed by atoms with van der Waals surface area (Å²) in [5, 5.41) is -0.307. The number of ether oxygens (including phenoxy) is 3. The topological polar surface area (TPSA) is 65.1 Å². The lowest BCUT2D eigenvalue weighted by atomic mass is 10.1. The van der Waals surface area contributed by atoms with Crippen LogP contribution in [0.5, 0.6) is 17.2 Å². The zero-order valence-electron chi connectivity index (χ0n) is 19.0. The molecule has 0 saturated carbocycles. The molecule has 1 fully saturated rings. The fourth-order valence-electron chi connectivity index (χ4n) is 3.35. The fourth-order valence-corrected chi connectivity index (χ4v) is 4.22. The first-order chi connectivity index (χ1) is 16.5. The number of methoxy groups -OCH3 is 1. The van der Waals surface area contributed by atoms with E-state index in [2.05, 4.69) is 0 Å². The van der Waals surface area contributed by atoms with E-state index < -0.39 is 0 Å². The molecule has 0 aliphatic carbocycles. The summed E-state index contributed by atoms with van der Waals surface area (Å²) in [6, 6.07) is 22.8. The van der Waals surface area contributed by atoms with Crippen LogP contribution >= 0.6 is 11.8 Å². The van der Waals surface area contributed by atoms with Crippen LogP contribution in [0.4, 0.5) is 4.79 Å². The molecule has 3 aromatic carbocycles. The lowest BCUT2D eigenvalue weighted by molar-refractivity contribution is -0.123. The van der Waals surface area contributed by atoms with Gasteiger partial charge in [0.2, 0.25) is 0 Å². The number of carbonyl (C=O) groups excluding carboxylic acids is 2. The number of nitrogens with zero attached hydrogens (tertiary/aromatic N) is 1. The lowest BCUT2D eigenvalue weighted by Crippen LogP contribution is -2.32. The first-order valence-electron chi connectivity index (χ1n) is 10.8. The molecule has 1 aliphatic heterocycles. The van der Waals surface area contributed by atoms with Crippen LogP contribution in [0.15, 0.2) is 77.7 Å². The first-order valence-corrected chi connectivity index (χ1v) is 11.6. The Hall–Kier alpha value is -3.71. The number of thioether (sulfide) groups is 1. The quantitative estimate of drug-likeness (QED) is 0.370. The van der Waals surface area contributed by atoms with Gasteiger partial charge in [-0.05, 0) is 60.2 Å². The summed E-state index contributed by atoms with van der Waals surface area (Å²) in [6.45, 7) is 2.88. The summed E-state index contributed by atoms with van der Waals surface area (Å²) in [5.74, 6) is 1.52. The van der Waals surface area contributed by atoms with Gasteiger partial charge < -0.3 is 14.2 Å². The molecule has 174 valence electrons. The van der Waals surface area contributed by atoms with Crippen molar-refractivity contribution in [3.63, 3.8) is 0 Å². The third-order valence-corrected chi connectivity index (χ3v) is 6.11. The Labute approximate surface area is 203 Å². The number of hydrogen-bond acceptors (Lipinski definition) is 6. The summed E-state index contributed by atoms with van der Waals surface area (Å²) in [7, 11) is 1.57. The highest BCUT2D eigenvalue weighted by atomic mass is 32.2. The Morgan fingerprint density at radius 2 is 1.68 bits per heavy atom. The van der Waals surface area contributed by atoms with Crippen molar-refractivity contribution in [2.24, 2.45) is 0 Å². The van der Waals surface area contributed by atoms with Crippen molar-refractivity contribution in [2.45, 2.75) is 13.5 Å². The van der Waals surface area contributed by atoms with E-state index in [1.807, 2.05) is 67.6 Å². The first kappa shape index (κ1) is 23.4. The van der Waals surface area contributed by atoms with Crippen LogP contribution < -0.4 is 14.2 Å². The summed E-state index contributed by atoms with van der Waals surface area (Å²) in [4.78, 5) is 26.7. The molecule has 3 aromatic rings. The number of amides is 2. The highest BCUT2D eigenvalue weighted by Gasteiger charge is 2.34. The zero-order chi connectivity index (χ0) is 23.9. The molecule has 7 heteroatoms. The second-order valence-electron chi connectivity index (χ2n) is 7.68. The van der Waals surface area contributed by atoms with E-state index in [1.54, 1.807) is 25.3 Å². The Morgan fingerprint density at radius 3 is 2.41 bits per heavy atom. The Kier molecular flexibility index (Phi) is 7.54. The van der Waals surface area contributed by atoms with Gasteiger partial charge in [0.25, 0.3) is 11.1 Å². The maximum absolute atomic E-state index is 12.8. The van der Waals surface area contributed by atoms with E-state index in [1.165, 1.54) is 10.5 Å². The third kappa shape index (κ3) is 5.80. The molecular weight excluding hydrogens is 450 g/mol. The van der Waals surface area contributed by atoms with Crippen LogP contribution in [0.25, 0.3) is 6.08 Å². The van der Waals surface area contributed by atoms with Gasteiger partial charge in [0.1, 0.15) is 19.0 Å². The fraction of sp³-hybridized carbons (Fsp3) is 0.185. The predicted molar refractivity (Wildman–Crippen MR) is 133 cm³/mol. The molecule has 4 rings (SSSR count). The number of para-hydroxylation sites is 1. The number of imide groups is 1. The summed E-state index contributed by atoms with van der Waals surface area (Å²) < 4.78 is 17.0. The van der Waals surface area contributed by atoms with Gasteiger partial charge in [-0.1, -0.05) is 54.1 Å². The minimum atomic E-state index is -0.328. The Balaban J connectivity index is 1.39. The van der Waals surface area contributed by atoms with E-state index in [9.17, 15) is 9.59 Å². The van der Waals surface area contributed by atoms with Gasteiger partial charge in [-0.3, -0.25) is 14.5 Å². The molecule has 6 nitrogen and oxygen atoms in total. The van der Waals surface area contributed by atoms with Crippen LogP contribution in [0.1, 0.15) is 16.7 Å². The van der Waals surface area contributed by atoms with Crippen molar-refractivity contribution in [3.8, 4) is 17.2 Å². The molecule has 1 saturated heterocycles. The molecule has 1 aliphatic rings. The predicted octanol–water partition coefficient (Wildman–Crippen LogP) is 5.70. The van der Waals surface area contributed by atoms with Gasteiger partial charge in [-0.15, -0.1) is 0 Å². The molecule has 0 spiro atoms. The molecule has 1 heterocycles. The van der Waals surface area contributed by atoms with Crippen molar-refractivity contribution in [1.29, 1.82) is 0 Å². The zero-order valence-corrected chi connectivity index (χ0v) is 19.8. The van der Waals surface area contributed by atoms with Crippen LogP contribution in [0.2, 0.25) is 0 Å². The largest absolute Gasteiger partial charge is 0.493 e. The second-order valence-corrected chi connectivity index (χ2v) is 8.67. The average molecular weight is 476 g/mol. The van der Waals surface area contributed by atoms with Crippen LogP contribution in [0.3, 0.4) is 0 Å². The molecule has 0 atom stereocenters. The SMILES string of the molecule is COc1cc(/C=C2\SC(=O)N(CCOc3ccccc3)C2=O)ccc1OCc1ccc(C)cc1. The number of carbonyl (C=O) groups is 2. The smallest absolute Gasteiger partial charge is 0.293 e. The summed E-state index contributed by atoms with van der Waals surface area (Å²) in [6.07, 6.45) is 1.69. The maximum Gasteiger partial charge on any atom is 0.293 e. The number of benzene rings is 3. The third-order valence-electron chi connectivity index (χ3n) is 5.20. The molecule has 0 radical (unpaired) electrons. The van der Waals surface area contributed by atoms with E-state index >= 15 is 0 Å². The molecule has 0 aromatic heterocycles. The van der Waals surface area contributed by atoms with E-state index in [4.69, 9.17) is 14.2 Å². The van der Waals surface area contributed by atoms with Gasteiger partial charge in [-0.2, -0.15) is 0 Å². The van der Waals surface area contributed by atoms with Gasteiger partial charge in [0.05, 0.1) is 18.6 Å². The Morgan fingerprint density at radius 1 is 0.912 bits per heavy atom. The average Bonchev–Trinajstić information content (AvgIpc) is 3.12. The summed E-state index contributed by atoms with van der Waals surface area (Å²) in [5.41, 5.74) is 2.99. The van der Waals surface area contributed by atoms with Crippen molar-refractivity contribution in [1.82, 2.24) is 4.90 Å². The molecule has 0 unspecified atom stereocenters. The van der Waals surface area contributed by atoms with Gasteiger partial charge in [0.15, 0.2) is 11.5 Å². The summed E-state index contributed by atoms with van der Waals surface area (Å²) >= 11 is 0.920. The van der Waals surface area contributed by atoms with E-state index in [-0.39, 0.29) is 24.3 Å². The van der Waals surface area contributed by atoms with E-state index in [0.717, 1.165) is 22.9 Å². The van der Waals surface area contributed by atoms with Crippen LogP contribution in [-0.2, 0) is 11.4 Å². The van der Waals surface area contributed by atoms with Gasteiger partial charge >= 0.3 is 0 Å². The molecule has 2 amide bonds. The van der Waals surface area contributed by atoms with Crippen molar-refractivity contribution < 1.29 is 23.8 Å². The monoisotopic (exact) mass is 475 g/mol. The van der Waals surface area contributed by atoms with Crippen molar-refractivity contribution in [2.75, 3.05) is 20.3 Å². The van der Waals surface area contributed by atoms with Gasteiger partial charge in [-0.25, -0.2) is 0 Å². The second kappa shape index (κ2) is 10.9. The molecular formula is C27H25NO5S. The van der Waals surface area contributed by atoms with Crippen LogP contribution in [-0.4, -0.2) is 36.3 Å². The number of aryl methyl sites for hydroxylation is 1. The number of hydrogen-bond donors (Lipinski definition) is 0. The Bertz CT molecular complexity index is 1190. The molecule has 34 heavy (non-hydrogen) atoms. The van der Waals surface area contributed by atoms with Crippen LogP contribution in [0, 0.1) is 6.92 Å². The van der Waals surface area contributed by atoms with Gasteiger partial charge in [0, 0.05) is 0 Å². The van der Waals surface area contributed by atoms with Crippen molar-refractivity contribution in [3.05, 3.63) is 94.4 Å². The highest BCUT2D eigenvalue weighted by Crippen LogP contribution is 2.34.